The first-order valence-corrected chi connectivity index (χ1v) is 7.31. The van der Waals surface area contributed by atoms with Gasteiger partial charge in [0.2, 0.25) is 0 Å². The smallest absolute Gasteiger partial charge is 0.123 e. The molecule has 1 aromatic rings. The molecule has 0 saturated carbocycles. The fraction of sp³-hybridized carbons (Fsp3) is 0.529. The van der Waals surface area contributed by atoms with Crippen molar-refractivity contribution in [1.29, 1.82) is 0 Å². The normalized spacial score (nSPS) is 10.6. The van der Waals surface area contributed by atoms with Crippen molar-refractivity contribution in [3.05, 3.63) is 36.4 Å². The SMILES string of the molecule is C=CCc1cc(OC)ccc1OCCCCNC(C)C. The molecule has 1 aromatic carbocycles. The maximum atomic E-state index is 5.87. The number of nitrogens with one attached hydrogen (secondary N) is 1. The van der Waals surface area contributed by atoms with E-state index >= 15 is 0 Å². The molecule has 1 N–H and O–H groups in total. The lowest BCUT2D eigenvalue weighted by Crippen LogP contribution is -2.23. The Kier molecular flexibility index (Phi) is 7.81. The standard InChI is InChI=1S/C17H27NO2/c1-5-8-15-13-16(19-4)9-10-17(15)20-12-7-6-11-18-14(2)3/h5,9-10,13-14,18H,1,6-8,11-12H2,2-4H3. The van der Waals surface area contributed by atoms with Gasteiger partial charge in [-0.3, -0.25) is 0 Å². The van der Waals surface area contributed by atoms with Crippen LogP contribution >= 0.6 is 0 Å². The quantitative estimate of drug-likeness (QED) is 0.524. The number of benzene rings is 1. The fourth-order valence-corrected chi connectivity index (χ4v) is 1.94. The Balaban J connectivity index is 2.40. The lowest BCUT2D eigenvalue weighted by molar-refractivity contribution is 0.302. The highest BCUT2D eigenvalue weighted by molar-refractivity contribution is 5.41. The summed E-state index contributed by atoms with van der Waals surface area (Å²) in [6, 6.07) is 6.47. The topological polar surface area (TPSA) is 30.5 Å². The van der Waals surface area contributed by atoms with Crippen LogP contribution in [0.1, 0.15) is 32.3 Å². The summed E-state index contributed by atoms with van der Waals surface area (Å²) in [4.78, 5) is 0. The molecular formula is C17H27NO2. The molecule has 0 saturated heterocycles. The molecule has 0 bridgehead atoms. The third-order valence-corrected chi connectivity index (χ3v) is 3.01. The number of rotatable bonds is 10. The third kappa shape index (κ3) is 6.11. The van der Waals surface area contributed by atoms with Gasteiger partial charge in [0, 0.05) is 11.6 Å². The van der Waals surface area contributed by atoms with E-state index in [-0.39, 0.29) is 0 Å². The summed E-state index contributed by atoms with van der Waals surface area (Å²) < 4.78 is 11.1. The first-order chi connectivity index (χ1) is 9.67. The highest BCUT2D eigenvalue weighted by Crippen LogP contribution is 2.25. The molecule has 0 aromatic heterocycles. The molecule has 0 aliphatic heterocycles. The van der Waals surface area contributed by atoms with E-state index in [1.165, 1.54) is 0 Å². The summed E-state index contributed by atoms with van der Waals surface area (Å²) in [6.45, 7) is 9.90. The van der Waals surface area contributed by atoms with Crippen LogP contribution < -0.4 is 14.8 Å². The Hall–Kier alpha value is -1.48. The Morgan fingerprint density at radius 3 is 2.75 bits per heavy atom. The lowest BCUT2D eigenvalue weighted by Gasteiger charge is -2.12. The zero-order valence-electron chi connectivity index (χ0n) is 12.9. The number of unbranched alkanes of at least 4 members (excludes halogenated alkanes) is 1. The first-order valence-electron chi connectivity index (χ1n) is 7.31. The van der Waals surface area contributed by atoms with E-state index < -0.39 is 0 Å². The maximum absolute atomic E-state index is 5.87. The van der Waals surface area contributed by atoms with Gasteiger partial charge in [-0.25, -0.2) is 0 Å². The van der Waals surface area contributed by atoms with Crippen molar-refractivity contribution in [2.45, 2.75) is 39.2 Å². The van der Waals surface area contributed by atoms with Gasteiger partial charge in [-0.15, -0.1) is 6.58 Å². The average Bonchev–Trinajstić information content (AvgIpc) is 2.43. The number of ether oxygens (including phenoxy) is 2. The number of methoxy groups -OCH3 is 1. The van der Waals surface area contributed by atoms with Crippen molar-refractivity contribution >= 4 is 0 Å². The molecule has 0 fully saturated rings. The van der Waals surface area contributed by atoms with Gasteiger partial charge in [0.25, 0.3) is 0 Å². The fourth-order valence-electron chi connectivity index (χ4n) is 1.94. The van der Waals surface area contributed by atoms with E-state index in [9.17, 15) is 0 Å². The van der Waals surface area contributed by atoms with Gasteiger partial charge in [0.1, 0.15) is 11.5 Å². The van der Waals surface area contributed by atoms with Gasteiger partial charge in [-0.1, -0.05) is 19.9 Å². The Morgan fingerprint density at radius 1 is 1.30 bits per heavy atom. The van der Waals surface area contributed by atoms with E-state index in [2.05, 4.69) is 25.7 Å². The predicted octanol–water partition coefficient (Wildman–Crippen LogP) is 3.58. The lowest BCUT2D eigenvalue weighted by atomic mass is 10.1. The second kappa shape index (κ2) is 9.43. The molecule has 0 heterocycles. The van der Waals surface area contributed by atoms with Crippen LogP contribution in [0.3, 0.4) is 0 Å². The summed E-state index contributed by atoms with van der Waals surface area (Å²) in [5, 5.41) is 3.41. The van der Waals surface area contributed by atoms with Crippen molar-refractivity contribution < 1.29 is 9.47 Å². The van der Waals surface area contributed by atoms with Crippen molar-refractivity contribution in [3.8, 4) is 11.5 Å². The molecule has 112 valence electrons. The second-order valence-corrected chi connectivity index (χ2v) is 5.13. The van der Waals surface area contributed by atoms with Gasteiger partial charge in [-0.2, -0.15) is 0 Å². The Morgan fingerprint density at radius 2 is 2.10 bits per heavy atom. The third-order valence-electron chi connectivity index (χ3n) is 3.01. The maximum Gasteiger partial charge on any atom is 0.123 e. The van der Waals surface area contributed by atoms with Crippen LogP contribution in [0, 0.1) is 0 Å². The van der Waals surface area contributed by atoms with Crippen molar-refractivity contribution in [3.63, 3.8) is 0 Å². The minimum Gasteiger partial charge on any atom is -0.497 e. The van der Waals surface area contributed by atoms with E-state index in [0.717, 1.165) is 49.5 Å². The molecule has 1 rings (SSSR count). The van der Waals surface area contributed by atoms with E-state index in [0.29, 0.717) is 6.04 Å². The molecule has 0 aliphatic rings. The van der Waals surface area contributed by atoms with Crippen molar-refractivity contribution in [2.75, 3.05) is 20.3 Å². The minimum absolute atomic E-state index is 0.553. The van der Waals surface area contributed by atoms with E-state index in [1.807, 2.05) is 24.3 Å². The van der Waals surface area contributed by atoms with Crippen LogP contribution in [-0.4, -0.2) is 26.3 Å². The summed E-state index contributed by atoms with van der Waals surface area (Å²) >= 11 is 0. The summed E-state index contributed by atoms with van der Waals surface area (Å²) in [6.07, 6.45) is 4.86. The van der Waals surface area contributed by atoms with Gasteiger partial charge in [-0.05, 0) is 44.0 Å². The summed E-state index contributed by atoms with van der Waals surface area (Å²) in [5.41, 5.74) is 1.12. The van der Waals surface area contributed by atoms with Gasteiger partial charge in [0.05, 0.1) is 13.7 Å². The van der Waals surface area contributed by atoms with E-state index in [1.54, 1.807) is 7.11 Å². The van der Waals surface area contributed by atoms with Crippen LogP contribution in [0.4, 0.5) is 0 Å². The van der Waals surface area contributed by atoms with Crippen LogP contribution in [0.15, 0.2) is 30.9 Å². The minimum atomic E-state index is 0.553. The Bertz CT molecular complexity index is 402. The van der Waals surface area contributed by atoms with Crippen LogP contribution in [-0.2, 0) is 6.42 Å². The molecule has 0 spiro atoms. The van der Waals surface area contributed by atoms with Gasteiger partial charge >= 0.3 is 0 Å². The molecule has 0 amide bonds. The second-order valence-electron chi connectivity index (χ2n) is 5.13. The van der Waals surface area contributed by atoms with Crippen molar-refractivity contribution in [2.24, 2.45) is 0 Å². The van der Waals surface area contributed by atoms with Crippen LogP contribution in [0.5, 0.6) is 11.5 Å². The predicted molar refractivity (Wildman–Crippen MR) is 84.8 cm³/mol. The highest BCUT2D eigenvalue weighted by atomic mass is 16.5. The molecular weight excluding hydrogens is 250 g/mol. The van der Waals surface area contributed by atoms with Crippen LogP contribution in [0.25, 0.3) is 0 Å². The largest absolute Gasteiger partial charge is 0.497 e. The Labute approximate surface area is 123 Å². The summed E-state index contributed by atoms with van der Waals surface area (Å²) in [5.74, 6) is 1.79. The van der Waals surface area contributed by atoms with E-state index in [4.69, 9.17) is 9.47 Å². The highest BCUT2D eigenvalue weighted by Gasteiger charge is 2.04. The molecule has 0 radical (unpaired) electrons. The number of allylic oxidation sites excluding steroid dienone is 1. The molecule has 3 nitrogen and oxygen atoms in total. The van der Waals surface area contributed by atoms with Crippen LogP contribution in [0.2, 0.25) is 0 Å². The molecule has 0 aliphatic carbocycles. The zero-order valence-corrected chi connectivity index (χ0v) is 12.9. The molecule has 0 atom stereocenters. The summed E-state index contributed by atoms with van der Waals surface area (Å²) in [7, 11) is 1.68. The van der Waals surface area contributed by atoms with Gasteiger partial charge in [0.15, 0.2) is 0 Å². The monoisotopic (exact) mass is 277 g/mol. The average molecular weight is 277 g/mol. The number of hydrogen-bond donors (Lipinski definition) is 1. The van der Waals surface area contributed by atoms with Crippen molar-refractivity contribution in [1.82, 2.24) is 5.32 Å². The van der Waals surface area contributed by atoms with Gasteiger partial charge < -0.3 is 14.8 Å². The molecule has 20 heavy (non-hydrogen) atoms. The molecule has 3 heteroatoms. The molecule has 0 unspecified atom stereocenters. The number of hydrogen-bond acceptors (Lipinski definition) is 3. The zero-order chi connectivity index (χ0) is 14.8. The first kappa shape index (κ1) is 16.6.